The second-order valence-corrected chi connectivity index (χ2v) is 7.47. The molecule has 2 aliphatic heterocycles. The third-order valence-corrected chi connectivity index (χ3v) is 5.52. The molecule has 0 N–H and O–H groups in total. The molecule has 6 nitrogen and oxygen atoms in total. The van der Waals surface area contributed by atoms with Gasteiger partial charge in [-0.3, -0.25) is 14.6 Å². The highest BCUT2D eigenvalue weighted by molar-refractivity contribution is 6.01. The number of ether oxygens (including phenoxy) is 1. The summed E-state index contributed by atoms with van der Waals surface area (Å²) in [5, 5.41) is 0. The molecule has 5 rings (SSSR count). The Morgan fingerprint density at radius 2 is 1.96 bits per heavy atom. The van der Waals surface area contributed by atoms with Crippen LogP contribution in [-0.4, -0.2) is 40.4 Å². The van der Waals surface area contributed by atoms with E-state index in [0.29, 0.717) is 25.3 Å². The fraction of sp³-hybridized carbons (Fsp3) is 0.381. The zero-order chi connectivity index (χ0) is 18.4. The van der Waals surface area contributed by atoms with Crippen LogP contribution in [0.1, 0.15) is 25.0 Å². The summed E-state index contributed by atoms with van der Waals surface area (Å²) in [6.07, 6.45) is 3.99. The van der Waals surface area contributed by atoms with Crippen molar-refractivity contribution < 1.29 is 14.3 Å². The van der Waals surface area contributed by atoms with Crippen LogP contribution < -0.4 is 9.64 Å². The topological polar surface area (TPSA) is 62.7 Å². The third kappa shape index (κ3) is 2.95. The number of carbonyl (C=O) groups is 2. The van der Waals surface area contributed by atoms with Gasteiger partial charge in [0.2, 0.25) is 11.8 Å². The summed E-state index contributed by atoms with van der Waals surface area (Å²) in [5.74, 6) is 0.827. The number of fused-ring (bicyclic) bond motifs is 3. The van der Waals surface area contributed by atoms with Gasteiger partial charge in [0, 0.05) is 18.5 Å². The molecular formula is C21H21N3O3. The molecule has 1 aromatic heterocycles. The van der Waals surface area contributed by atoms with Crippen LogP contribution in [0.2, 0.25) is 0 Å². The molecule has 138 valence electrons. The molecule has 2 atom stereocenters. The smallest absolute Gasteiger partial charge is 0.250 e. The van der Waals surface area contributed by atoms with Gasteiger partial charge in [0.25, 0.3) is 0 Å². The van der Waals surface area contributed by atoms with Gasteiger partial charge in [0.05, 0.1) is 24.5 Å². The van der Waals surface area contributed by atoms with Crippen LogP contribution >= 0.6 is 0 Å². The second-order valence-electron chi connectivity index (χ2n) is 7.47. The number of hydrogen-bond acceptors (Lipinski definition) is 4. The fourth-order valence-electron chi connectivity index (χ4n) is 4.00. The van der Waals surface area contributed by atoms with E-state index in [1.165, 1.54) is 0 Å². The maximum Gasteiger partial charge on any atom is 0.250 e. The SMILES string of the molecule is O=C1C2CC(CN2C(=O)C2CC2)Oc2ccccc2N1Cc1ccccn1. The number of anilines is 1. The van der Waals surface area contributed by atoms with E-state index in [2.05, 4.69) is 4.98 Å². The lowest BCUT2D eigenvalue weighted by Crippen LogP contribution is -2.48. The van der Waals surface area contributed by atoms with Crippen molar-refractivity contribution >= 4 is 17.5 Å². The highest BCUT2D eigenvalue weighted by Gasteiger charge is 2.47. The van der Waals surface area contributed by atoms with Crippen LogP contribution in [0.15, 0.2) is 48.7 Å². The van der Waals surface area contributed by atoms with Gasteiger partial charge in [-0.05, 0) is 37.1 Å². The van der Waals surface area contributed by atoms with E-state index in [4.69, 9.17) is 4.74 Å². The van der Waals surface area contributed by atoms with E-state index in [1.807, 2.05) is 42.5 Å². The highest BCUT2D eigenvalue weighted by atomic mass is 16.5. The quantitative estimate of drug-likeness (QED) is 0.840. The van der Waals surface area contributed by atoms with Crippen LogP contribution in [0.5, 0.6) is 5.75 Å². The minimum absolute atomic E-state index is 0.0482. The van der Waals surface area contributed by atoms with Crippen molar-refractivity contribution in [2.75, 3.05) is 11.4 Å². The fourth-order valence-corrected chi connectivity index (χ4v) is 4.00. The van der Waals surface area contributed by atoms with Crippen molar-refractivity contribution in [3.63, 3.8) is 0 Å². The van der Waals surface area contributed by atoms with E-state index in [1.54, 1.807) is 16.0 Å². The summed E-state index contributed by atoms with van der Waals surface area (Å²) >= 11 is 0. The van der Waals surface area contributed by atoms with Crippen molar-refractivity contribution in [2.45, 2.75) is 38.0 Å². The molecule has 1 saturated heterocycles. The molecule has 0 spiro atoms. The van der Waals surface area contributed by atoms with Crippen molar-refractivity contribution in [3.8, 4) is 5.75 Å². The number of pyridine rings is 1. The summed E-state index contributed by atoms with van der Waals surface area (Å²) in [6.45, 7) is 0.837. The summed E-state index contributed by atoms with van der Waals surface area (Å²) in [4.78, 5) is 34.1. The lowest BCUT2D eigenvalue weighted by molar-refractivity contribution is -0.138. The summed E-state index contributed by atoms with van der Waals surface area (Å²) in [7, 11) is 0. The van der Waals surface area contributed by atoms with Crippen molar-refractivity contribution in [1.29, 1.82) is 0 Å². The first-order chi connectivity index (χ1) is 13.2. The van der Waals surface area contributed by atoms with E-state index >= 15 is 0 Å². The van der Waals surface area contributed by atoms with Crippen LogP contribution in [-0.2, 0) is 16.1 Å². The van der Waals surface area contributed by atoms with Gasteiger partial charge >= 0.3 is 0 Å². The molecule has 0 radical (unpaired) electrons. The molecule has 2 unspecified atom stereocenters. The number of aromatic nitrogens is 1. The predicted molar refractivity (Wildman–Crippen MR) is 99.1 cm³/mol. The number of nitrogens with zero attached hydrogens (tertiary/aromatic N) is 3. The molecule has 3 heterocycles. The van der Waals surface area contributed by atoms with Gasteiger partial charge in [-0.2, -0.15) is 0 Å². The standard InChI is InChI=1S/C21H21N3O3/c25-20(14-8-9-14)24-13-16-11-18(24)21(26)23(12-15-5-3-4-10-22-15)17-6-1-2-7-19(17)27-16/h1-7,10,14,16,18H,8-9,11-13H2. The average molecular weight is 363 g/mol. The Hall–Kier alpha value is -2.89. The summed E-state index contributed by atoms with van der Waals surface area (Å²) in [5.41, 5.74) is 1.54. The van der Waals surface area contributed by atoms with Crippen molar-refractivity contribution in [1.82, 2.24) is 9.88 Å². The number of carbonyl (C=O) groups excluding carboxylic acids is 2. The number of hydrogen-bond donors (Lipinski definition) is 0. The second kappa shape index (κ2) is 6.37. The minimum Gasteiger partial charge on any atom is -0.486 e. The average Bonchev–Trinajstić information content (AvgIpc) is 3.46. The Morgan fingerprint density at radius 3 is 2.74 bits per heavy atom. The van der Waals surface area contributed by atoms with Crippen molar-refractivity contribution in [3.05, 3.63) is 54.4 Å². The predicted octanol–water partition coefficient (Wildman–Crippen LogP) is 2.39. The molecule has 2 bridgehead atoms. The summed E-state index contributed by atoms with van der Waals surface area (Å²) < 4.78 is 6.22. The first kappa shape index (κ1) is 16.3. The third-order valence-electron chi connectivity index (χ3n) is 5.52. The molecule has 27 heavy (non-hydrogen) atoms. The zero-order valence-electron chi connectivity index (χ0n) is 15.0. The number of rotatable bonds is 3. The lowest BCUT2D eigenvalue weighted by atomic mass is 10.1. The molecule has 6 heteroatoms. The van der Waals surface area contributed by atoms with Crippen LogP contribution in [0.3, 0.4) is 0 Å². The van der Waals surface area contributed by atoms with Crippen LogP contribution in [0.25, 0.3) is 0 Å². The Bertz CT molecular complexity index is 881. The Morgan fingerprint density at radius 1 is 1.15 bits per heavy atom. The maximum atomic E-state index is 13.5. The first-order valence-corrected chi connectivity index (χ1v) is 9.48. The van der Waals surface area contributed by atoms with E-state index in [0.717, 1.165) is 24.2 Å². The maximum absolute atomic E-state index is 13.5. The highest BCUT2D eigenvalue weighted by Crippen LogP contribution is 2.39. The van der Waals surface area contributed by atoms with Gasteiger partial charge in [0.1, 0.15) is 17.9 Å². The summed E-state index contributed by atoms with van der Waals surface area (Å²) in [6, 6.07) is 12.8. The lowest BCUT2D eigenvalue weighted by Gasteiger charge is -2.31. The van der Waals surface area contributed by atoms with E-state index in [9.17, 15) is 9.59 Å². The normalized spacial score (nSPS) is 24.1. The largest absolute Gasteiger partial charge is 0.486 e. The number of para-hydroxylation sites is 2. The molecule has 2 fully saturated rings. The molecule has 3 aliphatic rings. The Kier molecular flexibility index (Phi) is 3.85. The monoisotopic (exact) mass is 363 g/mol. The first-order valence-electron chi connectivity index (χ1n) is 9.48. The van der Waals surface area contributed by atoms with Gasteiger partial charge < -0.3 is 14.5 Å². The van der Waals surface area contributed by atoms with Crippen LogP contribution in [0.4, 0.5) is 5.69 Å². The number of likely N-dealkylation sites (tertiary alicyclic amines) is 1. The molecule has 2 aromatic rings. The molecule has 1 saturated carbocycles. The molecule has 1 aromatic carbocycles. The zero-order valence-corrected chi connectivity index (χ0v) is 15.0. The Labute approximate surface area is 157 Å². The number of amides is 2. The van der Waals surface area contributed by atoms with Gasteiger partial charge in [-0.15, -0.1) is 0 Å². The van der Waals surface area contributed by atoms with Crippen molar-refractivity contribution in [2.24, 2.45) is 5.92 Å². The molecule has 2 amide bonds. The Balaban J connectivity index is 1.53. The van der Waals surface area contributed by atoms with E-state index in [-0.39, 0.29) is 23.8 Å². The van der Waals surface area contributed by atoms with Crippen LogP contribution in [0, 0.1) is 5.92 Å². The minimum atomic E-state index is -0.458. The van der Waals surface area contributed by atoms with Gasteiger partial charge in [0.15, 0.2) is 0 Å². The van der Waals surface area contributed by atoms with Gasteiger partial charge in [-0.25, -0.2) is 0 Å². The molecular weight excluding hydrogens is 342 g/mol. The molecule has 1 aliphatic carbocycles. The van der Waals surface area contributed by atoms with Gasteiger partial charge in [-0.1, -0.05) is 18.2 Å². The van der Waals surface area contributed by atoms with E-state index < -0.39 is 6.04 Å². The number of benzene rings is 1.